The lowest BCUT2D eigenvalue weighted by atomic mass is 9.89. The van der Waals surface area contributed by atoms with E-state index in [4.69, 9.17) is 4.74 Å². The van der Waals surface area contributed by atoms with E-state index in [1.54, 1.807) is 0 Å². The number of carbonyl (C=O) groups excluding carboxylic acids is 1. The van der Waals surface area contributed by atoms with Crippen molar-refractivity contribution in [2.75, 3.05) is 26.2 Å². The van der Waals surface area contributed by atoms with E-state index < -0.39 is 17.6 Å². The van der Waals surface area contributed by atoms with Crippen LogP contribution in [-0.2, 0) is 9.53 Å². The Morgan fingerprint density at radius 2 is 1.66 bits per heavy atom. The highest BCUT2D eigenvalue weighted by Crippen LogP contribution is 2.44. The molecule has 1 heterocycles. The number of amides is 1. The molecule has 0 spiro atoms. The summed E-state index contributed by atoms with van der Waals surface area (Å²) in [5.41, 5.74) is 3.59. The smallest absolute Gasteiger partial charge is 0.409 e. The summed E-state index contributed by atoms with van der Waals surface area (Å²) in [6.07, 6.45) is -0.463. The molecule has 0 aromatic heterocycles. The number of likely N-dealkylation sites (tertiary alicyclic amines) is 1. The number of rotatable bonds is 6. The first-order valence-electron chi connectivity index (χ1n) is 9.99. The van der Waals surface area contributed by atoms with Crippen LogP contribution >= 0.6 is 0 Å². The van der Waals surface area contributed by atoms with Gasteiger partial charge in [-0.05, 0) is 34.7 Å². The highest BCUT2D eigenvalue weighted by Gasteiger charge is 2.52. The number of nitrogens with one attached hydrogen (secondary N) is 1. The number of nitrogens with zero attached hydrogens (tertiary/aromatic N) is 1. The Bertz CT molecular complexity index is 888. The molecule has 0 atom stereocenters. The van der Waals surface area contributed by atoms with E-state index in [0.717, 1.165) is 11.1 Å². The van der Waals surface area contributed by atoms with Gasteiger partial charge in [0.15, 0.2) is 5.54 Å². The van der Waals surface area contributed by atoms with Crippen molar-refractivity contribution in [3.63, 3.8) is 0 Å². The Balaban J connectivity index is 1.40. The van der Waals surface area contributed by atoms with E-state index in [0.29, 0.717) is 12.5 Å². The third-order valence-corrected chi connectivity index (χ3v) is 5.77. The monoisotopic (exact) mass is 394 g/mol. The summed E-state index contributed by atoms with van der Waals surface area (Å²) in [5.74, 6) is -0.605. The number of carboxylic acid groups (broad SMARTS) is 1. The van der Waals surface area contributed by atoms with Crippen molar-refractivity contribution in [3.8, 4) is 11.1 Å². The highest BCUT2D eigenvalue weighted by atomic mass is 16.6. The average molecular weight is 394 g/mol. The lowest BCUT2D eigenvalue weighted by Gasteiger charge is -2.47. The lowest BCUT2D eigenvalue weighted by molar-refractivity contribution is -0.151. The molecule has 4 rings (SSSR count). The highest BCUT2D eigenvalue weighted by molar-refractivity contribution is 5.84. The molecule has 1 aliphatic heterocycles. The summed E-state index contributed by atoms with van der Waals surface area (Å²) in [6.45, 7) is 5.10. The topological polar surface area (TPSA) is 78.9 Å². The number of hydrogen-bond donors (Lipinski definition) is 2. The Labute approximate surface area is 170 Å². The zero-order chi connectivity index (χ0) is 20.6. The summed E-state index contributed by atoms with van der Waals surface area (Å²) in [7, 11) is 0. The van der Waals surface area contributed by atoms with E-state index >= 15 is 0 Å². The molecule has 0 radical (unpaired) electrons. The van der Waals surface area contributed by atoms with Crippen LogP contribution in [0.2, 0.25) is 0 Å². The standard InChI is InChI=1S/C23H26N2O4/c1-15(2)11-24-23(21(26)27)13-25(14-23)22(28)29-12-20-18-9-5-3-7-16(18)17-8-4-6-10-19(17)20/h3-10,15,20,24H,11-14H2,1-2H3,(H,26,27). The second kappa shape index (κ2) is 7.52. The molecule has 2 aliphatic rings. The fraction of sp³-hybridized carbons (Fsp3) is 0.391. The number of ether oxygens (including phenoxy) is 1. The minimum atomic E-state index is -1.07. The number of fused-ring (bicyclic) bond motifs is 3. The maximum atomic E-state index is 12.5. The first-order valence-corrected chi connectivity index (χ1v) is 9.99. The molecule has 0 unspecified atom stereocenters. The Kier molecular flexibility index (Phi) is 5.04. The molecule has 0 bridgehead atoms. The van der Waals surface area contributed by atoms with Crippen molar-refractivity contribution in [3.05, 3.63) is 59.7 Å². The van der Waals surface area contributed by atoms with Gasteiger partial charge in [0.25, 0.3) is 0 Å². The van der Waals surface area contributed by atoms with E-state index in [-0.39, 0.29) is 25.6 Å². The van der Waals surface area contributed by atoms with Gasteiger partial charge in [-0.3, -0.25) is 10.1 Å². The molecule has 2 aromatic carbocycles. The quantitative estimate of drug-likeness (QED) is 0.786. The molecule has 6 heteroatoms. The van der Waals surface area contributed by atoms with Crippen LogP contribution in [0.1, 0.15) is 30.9 Å². The van der Waals surface area contributed by atoms with Crippen LogP contribution in [0.25, 0.3) is 11.1 Å². The molecule has 1 amide bonds. The molecule has 0 saturated carbocycles. The van der Waals surface area contributed by atoms with Gasteiger partial charge in [-0.15, -0.1) is 0 Å². The second-order valence-corrected chi connectivity index (χ2v) is 8.32. The van der Waals surface area contributed by atoms with Gasteiger partial charge in [0, 0.05) is 5.92 Å². The van der Waals surface area contributed by atoms with Crippen LogP contribution in [0, 0.1) is 5.92 Å². The summed E-state index contributed by atoms with van der Waals surface area (Å²) in [4.78, 5) is 25.7. The number of benzene rings is 2. The van der Waals surface area contributed by atoms with E-state index in [1.165, 1.54) is 16.0 Å². The van der Waals surface area contributed by atoms with Crippen molar-refractivity contribution in [1.29, 1.82) is 0 Å². The molecule has 6 nitrogen and oxygen atoms in total. The molecule has 29 heavy (non-hydrogen) atoms. The van der Waals surface area contributed by atoms with Crippen LogP contribution in [-0.4, -0.2) is 53.8 Å². The van der Waals surface area contributed by atoms with Crippen molar-refractivity contribution in [1.82, 2.24) is 10.2 Å². The van der Waals surface area contributed by atoms with Crippen LogP contribution in [0.3, 0.4) is 0 Å². The molecule has 152 valence electrons. The number of hydrogen-bond acceptors (Lipinski definition) is 4. The summed E-state index contributed by atoms with van der Waals surface area (Å²) < 4.78 is 5.61. The van der Waals surface area contributed by atoms with E-state index in [2.05, 4.69) is 29.6 Å². The largest absolute Gasteiger partial charge is 0.480 e. The fourth-order valence-corrected chi connectivity index (χ4v) is 4.14. The molecule has 1 saturated heterocycles. The van der Waals surface area contributed by atoms with Crippen molar-refractivity contribution < 1.29 is 19.4 Å². The van der Waals surface area contributed by atoms with Gasteiger partial charge in [0.1, 0.15) is 6.61 Å². The van der Waals surface area contributed by atoms with Crippen molar-refractivity contribution >= 4 is 12.1 Å². The van der Waals surface area contributed by atoms with Gasteiger partial charge in [-0.25, -0.2) is 4.79 Å². The molecule has 2 N–H and O–H groups in total. The van der Waals surface area contributed by atoms with Crippen LogP contribution in [0.4, 0.5) is 4.79 Å². The predicted molar refractivity (Wildman–Crippen MR) is 110 cm³/mol. The first kappa shape index (κ1) is 19.5. The predicted octanol–water partition coefficient (Wildman–Crippen LogP) is 3.32. The molecule has 1 fully saturated rings. The first-order chi connectivity index (χ1) is 13.9. The van der Waals surface area contributed by atoms with Gasteiger partial charge in [-0.2, -0.15) is 0 Å². The normalized spacial score (nSPS) is 16.9. The average Bonchev–Trinajstić information content (AvgIpc) is 2.99. The van der Waals surface area contributed by atoms with E-state index in [1.807, 2.05) is 38.1 Å². The fourth-order valence-electron chi connectivity index (χ4n) is 4.14. The van der Waals surface area contributed by atoms with E-state index in [9.17, 15) is 14.7 Å². The van der Waals surface area contributed by atoms with Gasteiger partial charge in [0.05, 0.1) is 13.1 Å². The molecule has 2 aromatic rings. The van der Waals surface area contributed by atoms with Crippen molar-refractivity contribution in [2.45, 2.75) is 25.3 Å². The van der Waals surface area contributed by atoms with Gasteiger partial charge < -0.3 is 14.7 Å². The SMILES string of the molecule is CC(C)CNC1(C(=O)O)CN(C(=O)OCC2c3ccccc3-c3ccccc32)C1. The molecular weight excluding hydrogens is 368 g/mol. The number of aliphatic carboxylic acids is 1. The molecule has 1 aliphatic carbocycles. The maximum absolute atomic E-state index is 12.5. The zero-order valence-corrected chi connectivity index (χ0v) is 16.7. The zero-order valence-electron chi connectivity index (χ0n) is 16.7. The van der Waals surface area contributed by atoms with Crippen LogP contribution < -0.4 is 5.32 Å². The Morgan fingerprint density at radius 1 is 1.10 bits per heavy atom. The van der Waals surface area contributed by atoms with Crippen molar-refractivity contribution in [2.24, 2.45) is 5.92 Å². The third-order valence-electron chi connectivity index (χ3n) is 5.77. The number of carboxylic acids is 1. The lowest BCUT2D eigenvalue weighted by Crippen LogP contribution is -2.74. The Morgan fingerprint density at radius 3 is 2.17 bits per heavy atom. The van der Waals surface area contributed by atoms with Gasteiger partial charge >= 0.3 is 12.1 Å². The summed E-state index contributed by atoms with van der Waals surface area (Å²) in [6, 6.07) is 16.3. The van der Waals surface area contributed by atoms with Crippen LogP contribution in [0.15, 0.2) is 48.5 Å². The number of carbonyl (C=O) groups is 2. The minimum Gasteiger partial charge on any atom is -0.480 e. The van der Waals surface area contributed by atoms with Crippen LogP contribution in [0.5, 0.6) is 0 Å². The van der Waals surface area contributed by atoms with Gasteiger partial charge in [-0.1, -0.05) is 62.4 Å². The van der Waals surface area contributed by atoms with Gasteiger partial charge in [0.2, 0.25) is 0 Å². The summed E-state index contributed by atoms with van der Waals surface area (Å²) in [5, 5.41) is 12.7. The maximum Gasteiger partial charge on any atom is 0.409 e. The second-order valence-electron chi connectivity index (χ2n) is 8.32. The Hall–Kier alpha value is -2.86. The molecular formula is C23H26N2O4. The minimum absolute atomic E-state index is 0.00377. The third kappa shape index (κ3) is 3.49. The summed E-state index contributed by atoms with van der Waals surface area (Å²) >= 11 is 0.